The maximum atomic E-state index is 5.37. The molecule has 0 saturated carbocycles. The molecule has 10 heavy (non-hydrogen) atoms. The van der Waals surface area contributed by atoms with Crippen molar-refractivity contribution in [2.24, 2.45) is 0 Å². The molecule has 0 aromatic heterocycles. The van der Waals surface area contributed by atoms with E-state index in [4.69, 9.17) is 9.47 Å². The van der Waals surface area contributed by atoms with Crippen LogP contribution in [-0.4, -0.2) is 25.7 Å². The summed E-state index contributed by atoms with van der Waals surface area (Å²) in [6.07, 6.45) is 0.967. The molecule has 0 aromatic rings. The average Bonchev–Trinajstić information content (AvgIpc) is 1.84. The van der Waals surface area contributed by atoms with Crippen molar-refractivity contribution in [2.45, 2.75) is 26.2 Å². The average molecular weight is 145 g/mol. The normalized spacial score (nSPS) is 22.2. The number of hydrogen-bond donors (Lipinski definition) is 1. The highest BCUT2D eigenvalue weighted by atomic mass is 16.7. The zero-order chi connectivity index (χ0) is 7.45. The monoisotopic (exact) mass is 145 g/mol. The lowest BCUT2D eigenvalue weighted by Gasteiger charge is -2.41. The first-order chi connectivity index (χ1) is 4.83. The van der Waals surface area contributed by atoms with Gasteiger partial charge in [0.25, 0.3) is 0 Å². The van der Waals surface area contributed by atoms with Crippen LogP contribution >= 0.6 is 0 Å². The maximum absolute atomic E-state index is 5.37. The Morgan fingerprint density at radius 1 is 1.30 bits per heavy atom. The Hall–Kier alpha value is -0.120. The van der Waals surface area contributed by atoms with Gasteiger partial charge in [-0.05, 0) is 13.8 Å². The minimum atomic E-state index is -0.427. The molecule has 0 atom stereocenters. The third-order valence-electron chi connectivity index (χ3n) is 1.60. The van der Waals surface area contributed by atoms with E-state index in [9.17, 15) is 0 Å². The smallest absolute Gasteiger partial charge is 0.228 e. The summed E-state index contributed by atoms with van der Waals surface area (Å²) < 4.78 is 10.7. The van der Waals surface area contributed by atoms with Crippen LogP contribution in [0.15, 0.2) is 0 Å². The summed E-state index contributed by atoms with van der Waals surface area (Å²) in [6.45, 7) is 6.35. The quantitative estimate of drug-likeness (QED) is 0.591. The molecule has 3 heteroatoms. The molecule has 0 aliphatic carbocycles. The van der Waals surface area contributed by atoms with Gasteiger partial charge in [0.05, 0.1) is 0 Å². The first-order valence-corrected chi connectivity index (χ1v) is 3.86. The molecule has 3 nitrogen and oxygen atoms in total. The Kier molecular flexibility index (Phi) is 2.65. The van der Waals surface area contributed by atoms with Gasteiger partial charge < -0.3 is 9.47 Å². The number of nitrogens with one attached hydrogen (secondary N) is 1. The minimum Gasteiger partial charge on any atom is -0.338 e. The predicted octanol–water partition coefficient (Wildman–Crippen LogP) is 0.706. The van der Waals surface area contributed by atoms with E-state index in [1.165, 1.54) is 0 Å². The second-order valence-corrected chi connectivity index (χ2v) is 2.30. The van der Waals surface area contributed by atoms with Crippen molar-refractivity contribution in [3.8, 4) is 0 Å². The van der Waals surface area contributed by atoms with Crippen molar-refractivity contribution < 1.29 is 9.47 Å². The Bertz CT molecular complexity index is 93.8. The van der Waals surface area contributed by atoms with Gasteiger partial charge in [-0.3, -0.25) is 5.32 Å². The summed E-state index contributed by atoms with van der Waals surface area (Å²) in [5.74, 6) is -0.427. The van der Waals surface area contributed by atoms with Crippen molar-refractivity contribution >= 4 is 0 Å². The number of rotatable bonds is 4. The zero-order valence-corrected chi connectivity index (χ0v) is 6.64. The van der Waals surface area contributed by atoms with Crippen molar-refractivity contribution in [1.82, 2.24) is 5.32 Å². The molecular weight excluding hydrogens is 130 g/mol. The van der Waals surface area contributed by atoms with E-state index in [0.717, 1.165) is 13.0 Å². The fourth-order valence-electron chi connectivity index (χ4n) is 1.08. The van der Waals surface area contributed by atoms with Gasteiger partial charge in [0.2, 0.25) is 5.91 Å². The zero-order valence-electron chi connectivity index (χ0n) is 6.64. The van der Waals surface area contributed by atoms with Crippen LogP contribution in [0.5, 0.6) is 0 Å². The van der Waals surface area contributed by atoms with Crippen LogP contribution < -0.4 is 5.32 Å². The second kappa shape index (κ2) is 3.32. The summed E-state index contributed by atoms with van der Waals surface area (Å²) in [4.78, 5) is 0. The molecule has 1 fully saturated rings. The standard InChI is InChI=1S/C7H15NO2/c1-3-9-7(10-4-2)5-6-8-7/h8H,3-6H2,1-2H3. The van der Waals surface area contributed by atoms with Gasteiger partial charge >= 0.3 is 0 Å². The van der Waals surface area contributed by atoms with E-state index in [1.807, 2.05) is 13.8 Å². The molecule has 1 saturated heterocycles. The molecule has 0 aromatic carbocycles. The topological polar surface area (TPSA) is 30.5 Å². The fourth-order valence-corrected chi connectivity index (χ4v) is 1.08. The van der Waals surface area contributed by atoms with Gasteiger partial charge in [0.1, 0.15) is 0 Å². The van der Waals surface area contributed by atoms with E-state index in [0.29, 0.717) is 13.2 Å². The molecule has 0 bridgehead atoms. The van der Waals surface area contributed by atoms with Crippen LogP contribution in [0.2, 0.25) is 0 Å². The summed E-state index contributed by atoms with van der Waals surface area (Å²) >= 11 is 0. The SMILES string of the molecule is CCOC1(OCC)CCN1. The fraction of sp³-hybridized carbons (Fsp3) is 1.00. The molecule has 0 amide bonds. The van der Waals surface area contributed by atoms with Crippen LogP contribution in [-0.2, 0) is 9.47 Å². The second-order valence-electron chi connectivity index (χ2n) is 2.30. The molecule has 1 rings (SSSR count). The van der Waals surface area contributed by atoms with Crippen molar-refractivity contribution in [3.63, 3.8) is 0 Å². The van der Waals surface area contributed by atoms with E-state index < -0.39 is 5.91 Å². The lowest BCUT2D eigenvalue weighted by atomic mass is 10.2. The summed E-state index contributed by atoms with van der Waals surface area (Å²) in [5, 5.41) is 3.12. The van der Waals surface area contributed by atoms with Crippen LogP contribution in [0, 0.1) is 0 Å². The maximum Gasteiger partial charge on any atom is 0.228 e. The van der Waals surface area contributed by atoms with Gasteiger partial charge in [-0.15, -0.1) is 0 Å². The molecule has 1 heterocycles. The van der Waals surface area contributed by atoms with E-state index in [-0.39, 0.29) is 0 Å². The van der Waals surface area contributed by atoms with E-state index in [2.05, 4.69) is 5.32 Å². The molecule has 1 aliphatic rings. The van der Waals surface area contributed by atoms with Crippen LogP contribution in [0.4, 0.5) is 0 Å². The highest BCUT2D eigenvalue weighted by molar-refractivity contribution is 4.78. The molecular formula is C7H15NO2. The van der Waals surface area contributed by atoms with Gasteiger partial charge in [-0.25, -0.2) is 0 Å². The molecule has 0 radical (unpaired) electrons. The molecule has 1 aliphatic heterocycles. The lowest BCUT2D eigenvalue weighted by molar-refractivity contribution is -0.287. The molecule has 1 N–H and O–H groups in total. The largest absolute Gasteiger partial charge is 0.338 e. The highest BCUT2D eigenvalue weighted by Crippen LogP contribution is 2.21. The van der Waals surface area contributed by atoms with Gasteiger partial charge in [0.15, 0.2) is 0 Å². The summed E-state index contributed by atoms with van der Waals surface area (Å²) in [5.41, 5.74) is 0. The minimum absolute atomic E-state index is 0.427. The van der Waals surface area contributed by atoms with Crippen LogP contribution in [0.1, 0.15) is 20.3 Å². The highest BCUT2D eigenvalue weighted by Gasteiger charge is 2.37. The van der Waals surface area contributed by atoms with Crippen molar-refractivity contribution in [3.05, 3.63) is 0 Å². The van der Waals surface area contributed by atoms with Crippen molar-refractivity contribution in [1.29, 1.82) is 0 Å². The number of hydrogen-bond acceptors (Lipinski definition) is 3. The van der Waals surface area contributed by atoms with Crippen LogP contribution in [0.3, 0.4) is 0 Å². The van der Waals surface area contributed by atoms with Gasteiger partial charge in [-0.2, -0.15) is 0 Å². The third kappa shape index (κ3) is 1.48. The lowest BCUT2D eigenvalue weighted by Crippen LogP contribution is -2.60. The van der Waals surface area contributed by atoms with E-state index >= 15 is 0 Å². The van der Waals surface area contributed by atoms with Gasteiger partial charge in [0, 0.05) is 26.2 Å². The van der Waals surface area contributed by atoms with Crippen LogP contribution in [0.25, 0.3) is 0 Å². The Morgan fingerprint density at radius 2 is 1.80 bits per heavy atom. The number of ether oxygens (including phenoxy) is 2. The summed E-state index contributed by atoms with van der Waals surface area (Å²) in [6, 6.07) is 0. The summed E-state index contributed by atoms with van der Waals surface area (Å²) in [7, 11) is 0. The van der Waals surface area contributed by atoms with Gasteiger partial charge in [-0.1, -0.05) is 0 Å². The first kappa shape index (κ1) is 7.98. The third-order valence-corrected chi connectivity index (χ3v) is 1.60. The molecule has 0 spiro atoms. The molecule has 0 unspecified atom stereocenters. The Labute approximate surface area is 61.7 Å². The predicted molar refractivity (Wildman–Crippen MR) is 38.6 cm³/mol. The van der Waals surface area contributed by atoms with E-state index in [1.54, 1.807) is 0 Å². The van der Waals surface area contributed by atoms with Crippen molar-refractivity contribution in [2.75, 3.05) is 19.8 Å². The Balaban J connectivity index is 2.27. The Morgan fingerprint density at radius 3 is 2.00 bits per heavy atom. The molecule has 60 valence electrons. The first-order valence-electron chi connectivity index (χ1n) is 3.86.